The van der Waals surface area contributed by atoms with E-state index < -0.39 is 10.0 Å². The minimum absolute atomic E-state index is 0.232. The number of hydrogen-bond acceptors (Lipinski definition) is 4. The molecule has 2 rings (SSSR count). The van der Waals surface area contributed by atoms with E-state index in [1.54, 1.807) is 19.2 Å². The molecule has 0 radical (unpaired) electrons. The van der Waals surface area contributed by atoms with Crippen LogP contribution in [0.1, 0.15) is 23.9 Å². The second-order valence-corrected chi connectivity index (χ2v) is 7.06. The van der Waals surface area contributed by atoms with Gasteiger partial charge < -0.3 is 4.74 Å². The zero-order valence-corrected chi connectivity index (χ0v) is 14.8. The lowest BCUT2D eigenvalue weighted by atomic mass is 10.1. The van der Waals surface area contributed by atoms with Crippen molar-refractivity contribution in [2.75, 3.05) is 13.7 Å². The number of sulfonamides is 1. The molecule has 23 heavy (non-hydrogen) atoms. The van der Waals surface area contributed by atoms with Crippen molar-refractivity contribution in [3.63, 3.8) is 0 Å². The Morgan fingerprint density at radius 1 is 1.22 bits per heavy atom. The highest BCUT2D eigenvalue weighted by atomic mass is 32.2. The van der Waals surface area contributed by atoms with E-state index in [4.69, 9.17) is 4.74 Å². The van der Waals surface area contributed by atoms with Crippen LogP contribution in [0.25, 0.3) is 0 Å². The molecule has 0 amide bonds. The van der Waals surface area contributed by atoms with Gasteiger partial charge in [-0.15, -0.1) is 0 Å². The molecule has 7 heteroatoms. The summed E-state index contributed by atoms with van der Waals surface area (Å²) in [7, 11) is -1.97. The van der Waals surface area contributed by atoms with E-state index >= 15 is 0 Å². The average molecular weight is 337 g/mol. The Morgan fingerprint density at radius 2 is 1.87 bits per heavy atom. The molecule has 6 nitrogen and oxygen atoms in total. The summed E-state index contributed by atoms with van der Waals surface area (Å²) in [5.74, 6) is 0.627. The fourth-order valence-corrected chi connectivity index (χ4v) is 3.58. The molecule has 0 aliphatic rings. The van der Waals surface area contributed by atoms with Gasteiger partial charge in [-0.25, -0.2) is 13.1 Å². The van der Waals surface area contributed by atoms with Gasteiger partial charge in [0.05, 0.1) is 17.7 Å². The quantitative estimate of drug-likeness (QED) is 0.839. The summed E-state index contributed by atoms with van der Waals surface area (Å²) in [6, 6.07) is 6.34. The summed E-state index contributed by atoms with van der Waals surface area (Å²) >= 11 is 0. The number of ether oxygens (including phenoxy) is 1. The Hall–Kier alpha value is -1.86. The van der Waals surface area contributed by atoms with Crippen LogP contribution in [0.2, 0.25) is 0 Å². The number of nitrogens with zero attached hydrogens (tertiary/aromatic N) is 2. The molecule has 0 spiro atoms. The predicted molar refractivity (Wildman–Crippen MR) is 89.3 cm³/mol. The maximum Gasteiger partial charge on any atom is 0.240 e. The predicted octanol–water partition coefficient (Wildman–Crippen LogP) is 2.05. The second kappa shape index (κ2) is 7.14. The summed E-state index contributed by atoms with van der Waals surface area (Å²) in [4.78, 5) is 0.232. The third-order valence-corrected chi connectivity index (χ3v) is 5.34. The first-order valence-corrected chi connectivity index (χ1v) is 9.04. The van der Waals surface area contributed by atoms with Gasteiger partial charge in [0.25, 0.3) is 0 Å². The number of hydrogen-bond donors (Lipinski definition) is 1. The molecule has 1 heterocycles. The number of aromatic nitrogens is 2. The summed E-state index contributed by atoms with van der Waals surface area (Å²) in [5, 5.41) is 4.45. The van der Waals surface area contributed by atoms with E-state index in [9.17, 15) is 8.42 Å². The van der Waals surface area contributed by atoms with E-state index in [0.29, 0.717) is 18.7 Å². The van der Waals surface area contributed by atoms with E-state index in [1.165, 1.54) is 12.1 Å². The molecule has 0 saturated carbocycles. The van der Waals surface area contributed by atoms with Crippen LogP contribution in [0.3, 0.4) is 0 Å². The van der Waals surface area contributed by atoms with Gasteiger partial charge >= 0.3 is 0 Å². The third kappa shape index (κ3) is 3.92. The van der Waals surface area contributed by atoms with E-state index in [1.807, 2.05) is 25.5 Å². The van der Waals surface area contributed by atoms with Crippen molar-refractivity contribution >= 4 is 10.0 Å². The Kier molecular flexibility index (Phi) is 5.43. The van der Waals surface area contributed by atoms with Gasteiger partial charge in [0, 0.05) is 18.8 Å². The maximum atomic E-state index is 12.3. The first-order chi connectivity index (χ1) is 10.9. The standard InChI is InChI=1S/C16H23N3O3S/c1-5-19-13(3)16(12(2)18-19)10-11-17-23(20,21)15-8-6-14(22-4)7-9-15/h6-9,17H,5,10-11H2,1-4H3. The minimum atomic E-state index is -3.51. The van der Waals surface area contributed by atoms with Crippen molar-refractivity contribution in [3.8, 4) is 5.75 Å². The Morgan fingerprint density at radius 3 is 2.39 bits per heavy atom. The first kappa shape index (κ1) is 17.5. The topological polar surface area (TPSA) is 73.2 Å². The minimum Gasteiger partial charge on any atom is -0.497 e. The molecule has 1 aromatic carbocycles. The molecule has 0 saturated heterocycles. The zero-order chi connectivity index (χ0) is 17.0. The van der Waals surface area contributed by atoms with Crippen molar-refractivity contribution in [2.24, 2.45) is 0 Å². The molecule has 0 aliphatic carbocycles. The summed E-state index contributed by atoms with van der Waals surface area (Å²) in [6.07, 6.45) is 0.618. The van der Waals surface area contributed by atoms with Gasteiger partial charge in [-0.3, -0.25) is 4.68 Å². The number of aryl methyl sites for hydroxylation is 2. The molecule has 0 fully saturated rings. The molecule has 0 unspecified atom stereocenters. The SMILES string of the molecule is CCn1nc(C)c(CCNS(=O)(=O)c2ccc(OC)cc2)c1C. The van der Waals surface area contributed by atoms with Crippen LogP contribution < -0.4 is 9.46 Å². The number of nitrogens with one attached hydrogen (secondary N) is 1. The second-order valence-electron chi connectivity index (χ2n) is 5.29. The molecule has 1 N–H and O–H groups in total. The van der Waals surface area contributed by atoms with Gasteiger partial charge in [-0.1, -0.05) is 0 Å². The number of rotatable bonds is 7. The van der Waals surface area contributed by atoms with Crippen LogP contribution in [0, 0.1) is 13.8 Å². The van der Waals surface area contributed by atoms with E-state index in [0.717, 1.165) is 23.5 Å². The van der Waals surface area contributed by atoms with Crippen molar-refractivity contribution in [1.29, 1.82) is 0 Å². The van der Waals surface area contributed by atoms with Gasteiger partial charge in [0.15, 0.2) is 0 Å². The lowest BCUT2D eigenvalue weighted by Gasteiger charge is -2.08. The molecular weight excluding hydrogens is 314 g/mol. The first-order valence-electron chi connectivity index (χ1n) is 7.55. The lowest BCUT2D eigenvalue weighted by Crippen LogP contribution is -2.26. The molecule has 2 aromatic rings. The monoisotopic (exact) mass is 337 g/mol. The maximum absolute atomic E-state index is 12.3. The van der Waals surface area contributed by atoms with E-state index in [2.05, 4.69) is 9.82 Å². The largest absolute Gasteiger partial charge is 0.497 e. The highest BCUT2D eigenvalue weighted by molar-refractivity contribution is 7.89. The van der Waals surface area contributed by atoms with Crippen molar-refractivity contribution < 1.29 is 13.2 Å². The van der Waals surface area contributed by atoms with Gasteiger partial charge in [0.2, 0.25) is 10.0 Å². The van der Waals surface area contributed by atoms with Crippen molar-refractivity contribution in [2.45, 2.75) is 38.6 Å². The normalized spacial score (nSPS) is 11.7. The van der Waals surface area contributed by atoms with E-state index in [-0.39, 0.29) is 4.90 Å². The molecule has 0 bridgehead atoms. The molecular formula is C16H23N3O3S. The summed E-state index contributed by atoms with van der Waals surface area (Å²) in [5.41, 5.74) is 3.14. The molecule has 1 aromatic heterocycles. The van der Waals surface area contributed by atoms with Crippen LogP contribution in [-0.4, -0.2) is 31.9 Å². The van der Waals surface area contributed by atoms with Gasteiger partial charge in [0.1, 0.15) is 5.75 Å². The Balaban J connectivity index is 2.03. The average Bonchev–Trinajstić information content (AvgIpc) is 2.82. The van der Waals surface area contributed by atoms with Crippen molar-refractivity contribution in [3.05, 3.63) is 41.2 Å². The Labute approximate surface area is 137 Å². The highest BCUT2D eigenvalue weighted by Crippen LogP contribution is 2.16. The van der Waals surface area contributed by atoms with Crippen LogP contribution in [0.5, 0.6) is 5.75 Å². The molecule has 126 valence electrons. The summed E-state index contributed by atoms with van der Waals surface area (Å²) in [6.45, 7) is 7.15. The number of methoxy groups -OCH3 is 1. The highest BCUT2D eigenvalue weighted by Gasteiger charge is 2.15. The van der Waals surface area contributed by atoms with Crippen LogP contribution >= 0.6 is 0 Å². The van der Waals surface area contributed by atoms with Gasteiger partial charge in [-0.2, -0.15) is 5.10 Å². The zero-order valence-electron chi connectivity index (χ0n) is 14.0. The third-order valence-electron chi connectivity index (χ3n) is 3.87. The lowest BCUT2D eigenvalue weighted by molar-refractivity contribution is 0.414. The smallest absolute Gasteiger partial charge is 0.240 e. The molecule has 0 atom stereocenters. The van der Waals surface area contributed by atoms with Crippen LogP contribution in [0.15, 0.2) is 29.2 Å². The summed E-state index contributed by atoms with van der Waals surface area (Å²) < 4.78 is 34.2. The van der Waals surface area contributed by atoms with Gasteiger partial charge in [-0.05, 0) is 57.0 Å². The molecule has 0 aliphatic heterocycles. The Bertz CT molecular complexity index is 765. The van der Waals surface area contributed by atoms with Crippen LogP contribution in [-0.2, 0) is 23.0 Å². The number of benzene rings is 1. The fourth-order valence-electron chi connectivity index (χ4n) is 2.55. The van der Waals surface area contributed by atoms with Crippen molar-refractivity contribution in [1.82, 2.24) is 14.5 Å². The fraction of sp³-hybridized carbons (Fsp3) is 0.438. The van der Waals surface area contributed by atoms with Crippen LogP contribution in [0.4, 0.5) is 0 Å².